The van der Waals surface area contributed by atoms with Crippen molar-refractivity contribution in [3.05, 3.63) is 0 Å². The third-order valence-electron chi connectivity index (χ3n) is 17.7. The van der Waals surface area contributed by atoms with Crippen LogP contribution in [0, 0.1) is 5.92 Å². The number of nitrogens with one attached hydrogen (secondary N) is 2. The van der Waals surface area contributed by atoms with E-state index in [1.807, 2.05) is 0 Å². The third-order valence-corrected chi connectivity index (χ3v) is 17.7. The molecule has 22 nitrogen and oxygen atoms in total. The van der Waals surface area contributed by atoms with E-state index < -0.39 is 155 Å². The van der Waals surface area contributed by atoms with E-state index in [0.717, 1.165) is 70.6 Å². The molecule has 3 fully saturated rings. The first-order valence-electron chi connectivity index (χ1n) is 34.3. The Morgan fingerprint density at radius 1 is 0.448 bits per heavy atom. The van der Waals surface area contributed by atoms with Gasteiger partial charge in [-0.2, -0.15) is 0 Å². The average Bonchev–Trinajstić information content (AvgIpc) is 3.64. The molecule has 19 atom stereocenters. The second-order valence-corrected chi connectivity index (χ2v) is 25.8. The molecule has 0 aromatic heterocycles. The van der Waals surface area contributed by atoms with Crippen molar-refractivity contribution in [2.75, 3.05) is 26.4 Å². The monoisotopic (exact) mass is 1250 g/mol. The third kappa shape index (κ3) is 30.7. The number of rotatable bonds is 51. The van der Waals surface area contributed by atoms with E-state index >= 15 is 0 Å². The highest BCUT2D eigenvalue weighted by Crippen LogP contribution is 2.35. The van der Waals surface area contributed by atoms with Crippen molar-refractivity contribution in [3.63, 3.8) is 0 Å². The molecule has 0 spiro atoms. The molecule has 2 amide bonds. The molecule has 3 aliphatic rings. The standard InChI is InChI=1S/C65H124N2O20/c1-5-6-7-8-9-10-11-12-13-14-15-16-17-18-19-20-21-22-27-30-33-36-39-48(73)62(81)67-46(53(74)47(72)38-35-32-29-26-24-23-25-28-31-34-37-44(2)3)43-82-65-61(87-64-59(80)58(79)55(76)50(41-69)84-64)60(56(77)51(42-70)85-65)86-63-52(66-45(4)71)57(78)54(75)49(40-68)83-63/h44,46-61,63-65,68-70,72-80H,5-43H2,1-4H3,(H,66,71)(H,67,81)/t46-,47+,48+,49+,50+,51+,52+,53-,54-,55+,56-,57+,58-,59+,60-,61+,63+,64+,65-/m0/s1. The van der Waals surface area contributed by atoms with Gasteiger partial charge < -0.3 is 100 Å². The molecule has 3 saturated heterocycles. The van der Waals surface area contributed by atoms with Gasteiger partial charge in [-0.3, -0.25) is 9.59 Å². The number of hydrogen-bond acceptors (Lipinski definition) is 20. The fourth-order valence-electron chi connectivity index (χ4n) is 12.1. The second kappa shape index (κ2) is 47.2. The van der Waals surface area contributed by atoms with Crippen LogP contribution in [-0.2, 0) is 38.0 Å². The number of aliphatic hydroxyl groups is 12. The molecular formula is C65H124N2O20. The molecular weight excluding hydrogens is 1130 g/mol. The van der Waals surface area contributed by atoms with Gasteiger partial charge in [0.05, 0.1) is 38.6 Å². The maximum atomic E-state index is 13.8. The SMILES string of the molecule is CCCCCCCCCCCCCCCCCCCCCCCC[C@@H](O)C(=O)N[C@@H](CO[C@H]1O[C@H](CO)[C@H](O)[C@H](O[C@H]2O[C@H](CO)[C@H](O)[C@H](O)[C@H]2NC(C)=O)[C@H]1O[C@H]1O[C@H](CO)[C@@H](O)[C@H](O)[C@H]1O)[C@H](O)[C@H](O)CCCCCCCCCCCCC(C)C. The first kappa shape index (κ1) is 79.5. The van der Waals surface area contributed by atoms with E-state index in [1.54, 1.807) is 0 Å². The zero-order valence-electron chi connectivity index (χ0n) is 53.8. The Balaban J connectivity index is 1.68. The molecule has 3 heterocycles. The molecule has 14 N–H and O–H groups in total. The molecule has 0 saturated carbocycles. The molecule has 87 heavy (non-hydrogen) atoms. The highest BCUT2D eigenvalue weighted by Gasteiger charge is 2.55. The smallest absolute Gasteiger partial charge is 0.249 e. The summed E-state index contributed by atoms with van der Waals surface area (Å²) in [5.74, 6) is -0.836. The highest BCUT2D eigenvalue weighted by atomic mass is 16.8. The lowest BCUT2D eigenvalue weighted by Crippen LogP contribution is -2.69. The van der Waals surface area contributed by atoms with Crippen LogP contribution in [0.2, 0.25) is 0 Å². The Bertz CT molecular complexity index is 1710. The average molecular weight is 1250 g/mol. The maximum Gasteiger partial charge on any atom is 0.249 e. The number of amides is 2. The van der Waals surface area contributed by atoms with Crippen LogP contribution in [-0.4, -0.2) is 216 Å². The molecule has 0 unspecified atom stereocenters. The molecule has 514 valence electrons. The van der Waals surface area contributed by atoms with Gasteiger partial charge in [0.2, 0.25) is 11.8 Å². The first-order valence-corrected chi connectivity index (χ1v) is 34.3. The summed E-state index contributed by atoms with van der Waals surface area (Å²) in [6.45, 7) is 4.56. The minimum atomic E-state index is -2.03. The van der Waals surface area contributed by atoms with Crippen LogP contribution in [0.1, 0.15) is 252 Å². The van der Waals surface area contributed by atoms with Gasteiger partial charge >= 0.3 is 0 Å². The number of aliphatic hydroxyl groups excluding tert-OH is 12. The van der Waals surface area contributed by atoms with Crippen molar-refractivity contribution in [1.29, 1.82) is 0 Å². The largest absolute Gasteiger partial charge is 0.394 e. The summed E-state index contributed by atoms with van der Waals surface area (Å²) in [6.07, 6.45) is 9.32. The lowest BCUT2D eigenvalue weighted by Gasteiger charge is -2.49. The summed E-state index contributed by atoms with van der Waals surface area (Å²) in [5.41, 5.74) is 0. The van der Waals surface area contributed by atoms with Gasteiger partial charge in [0.25, 0.3) is 0 Å². The number of carbonyl (C=O) groups is 2. The molecule has 0 aromatic carbocycles. The molecule has 0 radical (unpaired) electrons. The van der Waals surface area contributed by atoms with Gasteiger partial charge in [-0.1, -0.05) is 233 Å². The Kier molecular flexibility index (Phi) is 43.1. The van der Waals surface area contributed by atoms with E-state index in [9.17, 15) is 70.9 Å². The lowest BCUT2D eigenvalue weighted by molar-refractivity contribution is -0.387. The highest BCUT2D eigenvalue weighted by molar-refractivity contribution is 5.80. The fraction of sp³-hybridized carbons (Fsp3) is 0.969. The van der Waals surface area contributed by atoms with Crippen LogP contribution in [0.25, 0.3) is 0 Å². The predicted octanol–water partition coefficient (Wildman–Crippen LogP) is 5.49. The summed E-state index contributed by atoms with van der Waals surface area (Å²) in [4.78, 5) is 26.2. The Hall–Kier alpha value is -1.78. The van der Waals surface area contributed by atoms with E-state index in [-0.39, 0.29) is 12.8 Å². The van der Waals surface area contributed by atoms with Gasteiger partial charge in [0, 0.05) is 6.92 Å². The van der Waals surface area contributed by atoms with Gasteiger partial charge in [0.15, 0.2) is 18.9 Å². The summed E-state index contributed by atoms with van der Waals surface area (Å²) in [7, 11) is 0. The Labute approximate surface area is 521 Å². The van der Waals surface area contributed by atoms with Gasteiger partial charge in [0.1, 0.15) is 85.4 Å². The minimum Gasteiger partial charge on any atom is -0.394 e. The van der Waals surface area contributed by atoms with Gasteiger partial charge in [-0.15, -0.1) is 0 Å². The number of ether oxygens (including phenoxy) is 6. The van der Waals surface area contributed by atoms with Crippen molar-refractivity contribution >= 4 is 11.8 Å². The summed E-state index contributed by atoms with van der Waals surface area (Å²) < 4.78 is 36.1. The molecule has 22 heteroatoms. The molecule has 0 aromatic rings. The van der Waals surface area contributed by atoms with Crippen LogP contribution in [0.15, 0.2) is 0 Å². The topological polar surface area (TPSA) is 356 Å². The molecule has 3 rings (SSSR count). The molecule has 3 aliphatic heterocycles. The first-order chi connectivity index (χ1) is 41.9. The van der Waals surface area contributed by atoms with Crippen molar-refractivity contribution in [3.8, 4) is 0 Å². The van der Waals surface area contributed by atoms with E-state index in [2.05, 4.69) is 31.4 Å². The van der Waals surface area contributed by atoms with Crippen molar-refractivity contribution in [2.45, 2.75) is 369 Å². The second-order valence-electron chi connectivity index (χ2n) is 25.8. The minimum absolute atomic E-state index is 0.122. The number of unbranched alkanes of at least 4 members (excludes halogenated alkanes) is 30. The van der Waals surface area contributed by atoms with Gasteiger partial charge in [-0.05, 0) is 18.8 Å². The zero-order chi connectivity index (χ0) is 63.9. The van der Waals surface area contributed by atoms with E-state index in [1.165, 1.54) is 141 Å². The van der Waals surface area contributed by atoms with Crippen molar-refractivity contribution < 1.29 is 99.3 Å². The Morgan fingerprint density at radius 2 is 0.828 bits per heavy atom. The summed E-state index contributed by atoms with van der Waals surface area (Å²) in [6, 6.07) is -3.01. The van der Waals surface area contributed by atoms with E-state index in [4.69, 9.17) is 28.4 Å². The van der Waals surface area contributed by atoms with Crippen molar-refractivity contribution in [1.82, 2.24) is 10.6 Å². The summed E-state index contributed by atoms with van der Waals surface area (Å²) in [5, 5.41) is 136. The number of hydrogen-bond donors (Lipinski definition) is 14. The van der Waals surface area contributed by atoms with E-state index in [0.29, 0.717) is 12.8 Å². The Morgan fingerprint density at radius 3 is 1.26 bits per heavy atom. The molecule has 0 bridgehead atoms. The van der Waals surface area contributed by atoms with Crippen LogP contribution < -0.4 is 10.6 Å². The summed E-state index contributed by atoms with van der Waals surface area (Å²) >= 11 is 0. The predicted molar refractivity (Wildman–Crippen MR) is 329 cm³/mol. The van der Waals surface area contributed by atoms with Crippen molar-refractivity contribution in [2.24, 2.45) is 5.92 Å². The quantitative estimate of drug-likeness (QED) is 0.0335. The van der Waals surface area contributed by atoms with Gasteiger partial charge in [-0.25, -0.2) is 0 Å². The van der Waals surface area contributed by atoms with Crippen LogP contribution in [0.5, 0.6) is 0 Å². The number of carbonyl (C=O) groups excluding carboxylic acids is 2. The van der Waals surface area contributed by atoms with Crippen LogP contribution >= 0.6 is 0 Å². The normalized spacial score (nSPS) is 29.2. The lowest BCUT2D eigenvalue weighted by atomic mass is 9.95. The molecule has 0 aliphatic carbocycles. The fourth-order valence-corrected chi connectivity index (χ4v) is 12.1. The zero-order valence-corrected chi connectivity index (χ0v) is 53.8. The van der Waals surface area contributed by atoms with Crippen LogP contribution in [0.4, 0.5) is 0 Å². The maximum absolute atomic E-state index is 13.8. The van der Waals surface area contributed by atoms with Crippen LogP contribution in [0.3, 0.4) is 0 Å².